The number of nitrogens with one attached hydrogen (secondary N) is 1. The van der Waals surface area contributed by atoms with Crippen LogP contribution < -0.4 is 5.32 Å². The zero-order valence-electron chi connectivity index (χ0n) is 65.4. The molecule has 0 aromatic rings. The molecule has 0 radical (unpaired) electrons. The van der Waals surface area contributed by atoms with Gasteiger partial charge in [-0.25, -0.2) is 0 Å². The molecule has 0 spiro atoms. The minimum absolute atomic E-state index is 0.210. The maximum Gasteiger partial charge on any atom is 0.220 e. The Bertz CT molecular complexity index is 2390. The standard InChI is InChI=1S/C87H149NO18/c1-3-5-7-9-11-13-15-17-19-21-23-25-27-29-31-33-35-37-39-41-43-45-47-49-51-53-55-57-59-61-63-65-75(93)88-70(71(92)64-62-60-58-56-54-52-50-48-46-44-42-40-38-36-34-32-30-28-26-24-22-20-18-16-14-12-10-8-6-4-2)69-101-85-81(99)78(96)83(73(67-90)103-85)106-87-82(100)79(97)84(74(68-91)104-87)105-86-80(98)77(95)76(94)72(66-89)102-86/h5,7,11,13,17,19,23,25,29,31,35,37,41,43,47,49,54,56,62,64,70-74,76-87,89-92,94-100H,3-4,6,8-10,12,14-16,18,20-22,24,26-28,30,32-34,36,38-40,42,44-46,48,50-53,55,57-61,63,65-69H2,1-2H3,(H,88,93)/b7-5-,13-11-,19-17-,25-23-,31-29-,37-35-,43-41-,49-47-,56-54+,64-62+. The Morgan fingerprint density at radius 2 is 0.660 bits per heavy atom. The molecule has 17 unspecified atom stereocenters. The first kappa shape index (κ1) is 96.4. The van der Waals surface area contributed by atoms with Crippen molar-refractivity contribution < 1.29 is 89.4 Å². The number of hydrogen-bond acceptors (Lipinski definition) is 18. The largest absolute Gasteiger partial charge is 0.394 e. The fraction of sp³-hybridized carbons (Fsp3) is 0.759. The second kappa shape index (κ2) is 65.9. The van der Waals surface area contributed by atoms with Gasteiger partial charge in [0.1, 0.15) is 73.2 Å². The Balaban J connectivity index is 1.39. The van der Waals surface area contributed by atoms with Crippen molar-refractivity contribution >= 4 is 5.91 Å². The molecule has 0 aromatic carbocycles. The number of allylic oxidation sites excluding steroid dienone is 19. The molecular weight excluding hydrogens is 1350 g/mol. The van der Waals surface area contributed by atoms with Gasteiger partial charge in [-0.05, 0) is 96.3 Å². The summed E-state index contributed by atoms with van der Waals surface area (Å²) < 4.78 is 34.4. The van der Waals surface area contributed by atoms with Gasteiger partial charge in [0, 0.05) is 6.42 Å². The zero-order chi connectivity index (χ0) is 76.7. The zero-order valence-corrected chi connectivity index (χ0v) is 65.4. The molecule has 3 rings (SSSR count). The van der Waals surface area contributed by atoms with Crippen LogP contribution >= 0.6 is 0 Å². The summed E-state index contributed by atoms with van der Waals surface area (Å²) in [5, 5.41) is 121. The third kappa shape index (κ3) is 44.9. The first-order valence-electron chi connectivity index (χ1n) is 41.8. The van der Waals surface area contributed by atoms with Crippen molar-refractivity contribution in [3.05, 3.63) is 122 Å². The van der Waals surface area contributed by atoms with Crippen LogP contribution in [-0.2, 0) is 33.2 Å². The minimum Gasteiger partial charge on any atom is -0.394 e. The SMILES string of the molecule is CC/C=C\C/C=C\C/C=C\C/C=C\C/C=C\C/C=C\C/C=C\C/C=C\CCCCCCCCC(=O)NC(COC1OC(CO)C(OC2OC(CO)C(OC3OC(CO)C(O)C(O)C3O)C(O)C2O)C(O)C1O)C(O)/C=C/CC/C=C/CCCCCCCCCCCCCCCCCCCCCCCCCC. The molecule has 19 nitrogen and oxygen atoms in total. The highest BCUT2D eigenvalue weighted by Crippen LogP contribution is 2.33. The molecule has 3 saturated heterocycles. The number of rotatable bonds is 65. The number of unbranched alkanes of at least 4 members (excludes halogenated alkanes) is 31. The first-order chi connectivity index (χ1) is 51.8. The molecule has 0 aliphatic carbocycles. The average molecular weight is 1500 g/mol. The Labute approximate surface area is 639 Å². The van der Waals surface area contributed by atoms with Gasteiger partial charge in [-0.15, -0.1) is 0 Å². The number of aliphatic hydroxyl groups is 11. The van der Waals surface area contributed by atoms with Crippen molar-refractivity contribution in [3.63, 3.8) is 0 Å². The van der Waals surface area contributed by atoms with Crippen LogP contribution in [0.15, 0.2) is 122 Å². The summed E-state index contributed by atoms with van der Waals surface area (Å²) in [5.74, 6) is -0.302. The number of amides is 1. The lowest BCUT2D eigenvalue weighted by molar-refractivity contribution is -0.379. The van der Waals surface area contributed by atoms with E-state index in [9.17, 15) is 61.0 Å². The number of carbonyl (C=O) groups is 1. The highest BCUT2D eigenvalue weighted by molar-refractivity contribution is 5.76. The van der Waals surface area contributed by atoms with E-state index in [1.807, 2.05) is 6.08 Å². The van der Waals surface area contributed by atoms with Gasteiger partial charge in [-0.2, -0.15) is 0 Å². The molecule has 0 bridgehead atoms. The molecule has 3 fully saturated rings. The van der Waals surface area contributed by atoms with Crippen molar-refractivity contribution in [2.45, 2.75) is 394 Å². The van der Waals surface area contributed by atoms with E-state index >= 15 is 0 Å². The Morgan fingerprint density at radius 3 is 1.06 bits per heavy atom. The van der Waals surface area contributed by atoms with E-state index < -0.39 is 124 Å². The van der Waals surface area contributed by atoms with Crippen LogP contribution in [0.3, 0.4) is 0 Å². The van der Waals surface area contributed by atoms with Crippen LogP contribution in [0.2, 0.25) is 0 Å². The van der Waals surface area contributed by atoms with Crippen LogP contribution in [0.4, 0.5) is 0 Å². The van der Waals surface area contributed by atoms with Gasteiger partial charge in [0.25, 0.3) is 0 Å². The summed E-state index contributed by atoms with van der Waals surface area (Å²) >= 11 is 0. The van der Waals surface area contributed by atoms with E-state index in [2.05, 4.69) is 129 Å². The smallest absolute Gasteiger partial charge is 0.220 e. The van der Waals surface area contributed by atoms with E-state index in [-0.39, 0.29) is 18.9 Å². The number of hydrogen-bond donors (Lipinski definition) is 12. The molecule has 1 amide bonds. The Morgan fingerprint density at radius 1 is 0.349 bits per heavy atom. The van der Waals surface area contributed by atoms with Crippen molar-refractivity contribution in [1.29, 1.82) is 0 Å². The maximum atomic E-state index is 13.5. The van der Waals surface area contributed by atoms with Crippen LogP contribution in [-0.4, -0.2) is 193 Å². The van der Waals surface area contributed by atoms with Crippen LogP contribution in [0, 0.1) is 0 Å². The molecule has 3 aliphatic heterocycles. The van der Waals surface area contributed by atoms with E-state index in [0.717, 1.165) is 109 Å². The van der Waals surface area contributed by atoms with Gasteiger partial charge in [0.15, 0.2) is 18.9 Å². The quantitative estimate of drug-likeness (QED) is 0.0199. The molecule has 106 heavy (non-hydrogen) atoms. The summed E-state index contributed by atoms with van der Waals surface area (Å²) in [6, 6.07) is -1.01. The lowest BCUT2D eigenvalue weighted by atomic mass is 9.96. The van der Waals surface area contributed by atoms with E-state index in [1.54, 1.807) is 6.08 Å². The van der Waals surface area contributed by atoms with Crippen LogP contribution in [0.5, 0.6) is 0 Å². The maximum absolute atomic E-state index is 13.5. The molecule has 0 saturated carbocycles. The number of aliphatic hydroxyl groups excluding tert-OH is 11. The van der Waals surface area contributed by atoms with Crippen molar-refractivity contribution in [1.82, 2.24) is 5.32 Å². The highest BCUT2D eigenvalue weighted by atomic mass is 16.8. The second-order valence-electron chi connectivity index (χ2n) is 29.2. The predicted molar refractivity (Wildman–Crippen MR) is 424 cm³/mol. The van der Waals surface area contributed by atoms with Crippen molar-refractivity contribution in [2.24, 2.45) is 0 Å². The molecule has 610 valence electrons. The summed E-state index contributed by atoms with van der Waals surface area (Å²) in [5.41, 5.74) is 0. The van der Waals surface area contributed by atoms with E-state index in [4.69, 9.17) is 28.4 Å². The molecular formula is C87H149NO18. The molecule has 3 heterocycles. The number of carbonyl (C=O) groups excluding carboxylic acids is 1. The Hall–Kier alpha value is -3.81. The molecule has 0 aromatic heterocycles. The van der Waals surface area contributed by atoms with Crippen molar-refractivity contribution in [2.75, 3.05) is 26.4 Å². The van der Waals surface area contributed by atoms with Gasteiger partial charge in [0.05, 0.1) is 38.6 Å². The molecule has 3 aliphatic rings. The summed E-state index contributed by atoms with van der Waals surface area (Å²) in [7, 11) is 0. The highest BCUT2D eigenvalue weighted by Gasteiger charge is 2.54. The van der Waals surface area contributed by atoms with Crippen LogP contribution in [0.25, 0.3) is 0 Å². The normalized spacial score (nSPS) is 26.3. The average Bonchev–Trinajstić information content (AvgIpc) is 0.780. The number of ether oxygens (including phenoxy) is 6. The fourth-order valence-electron chi connectivity index (χ4n) is 13.3. The van der Waals surface area contributed by atoms with E-state index in [1.165, 1.54) is 148 Å². The van der Waals surface area contributed by atoms with Gasteiger partial charge in [-0.3, -0.25) is 4.79 Å². The second-order valence-corrected chi connectivity index (χ2v) is 29.2. The lowest BCUT2D eigenvalue weighted by Crippen LogP contribution is -2.66. The van der Waals surface area contributed by atoms with E-state index in [0.29, 0.717) is 12.8 Å². The molecule has 17 atom stereocenters. The third-order valence-corrected chi connectivity index (χ3v) is 20.0. The first-order valence-corrected chi connectivity index (χ1v) is 41.8. The van der Waals surface area contributed by atoms with Gasteiger partial charge in [0.2, 0.25) is 5.91 Å². The fourth-order valence-corrected chi connectivity index (χ4v) is 13.3. The molecule has 19 heteroatoms. The predicted octanol–water partition coefficient (Wildman–Crippen LogP) is 14.7. The summed E-state index contributed by atoms with van der Waals surface area (Å²) in [6.07, 6.45) is 66.1. The topological polar surface area (TPSA) is 307 Å². The minimum atomic E-state index is -1.99. The third-order valence-electron chi connectivity index (χ3n) is 20.0. The monoisotopic (exact) mass is 1500 g/mol. The lowest BCUT2D eigenvalue weighted by Gasteiger charge is -2.48. The van der Waals surface area contributed by atoms with Gasteiger partial charge < -0.3 is 89.9 Å². The van der Waals surface area contributed by atoms with Crippen molar-refractivity contribution in [3.8, 4) is 0 Å². The Kier molecular flexibility index (Phi) is 59.9. The molecule has 12 N–H and O–H groups in total. The van der Waals surface area contributed by atoms with Gasteiger partial charge >= 0.3 is 0 Å². The van der Waals surface area contributed by atoms with Gasteiger partial charge in [-0.1, -0.05) is 309 Å². The van der Waals surface area contributed by atoms with Crippen LogP contribution in [0.1, 0.15) is 290 Å². The summed E-state index contributed by atoms with van der Waals surface area (Å²) in [6.45, 7) is 1.61. The summed E-state index contributed by atoms with van der Waals surface area (Å²) in [4.78, 5) is 13.5.